The number of amides is 4. The van der Waals surface area contributed by atoms with Crippen molar-refractivity contribution in [2.45, 2.75) is 32.4 Å². The standard InChI is InChI=1S/C31H29N7O17S4/c1-32-28(40)26-19(30(42)37(34-26)21-14-17(56-54-52-44)7-11-23(21)58(46,47)48)9-5-16(36-13-3-4-25(36)39)6-10-20-27(29(41)33-2)35-38(31(20)43)22-15-18(57-55-53-45)8-12-24(22)59(49,50)51/h5-12,14-15,42,44-45H,3-4,13H2,1-2H3,(H,32,40)(H,33,41)(H,46,47,48)(H,49,50,51)/b9-5-,16-6-,20-10-. The Morgan fingerprint density at radius 3 is 1.98 bits per heavy atom. The summed E-state index contributed by atoms with van der Waals surface area (Å²) in [6.07, 6.45) is 5.13. The molecule has 3 heterocycles. The predicted molar refractivity (Wildman–Crippen MR) is 201 cm³/mol. The SMILES string of the molecule is CNC(=O)C1=NN(c2cc(SOOO)ccc2S(=O)(=O)O)C(=O)\C1=C/C=C(/C=C\c1c(C(=O)NC)nn(-c2cc(SOOO)ccc2S(=O)(=O)O)c1O)N1CCCC1=O. The van der Waals surface area contributed by atoms with Crippen molar-refractivity contribution in [3.05, 3.63) is 77.2 Å². The van der Waals surface area contributed by atoms with Crippen LogP contribution in [0.15, 0.2) is 90.6 Å². The van der Waals surface area contributed by atoms with Crippen LogP contribution < -0.4 is 15.6 Å². The summed E-state index contributed by atoms with van der Waals surface area (Å²) in [7, 11) is -7.55. The van der Waals surface area contributed by atoms with E-state index >= 15 is 0 Å². The van der Waals surface area contributed by atoms with Crippen molar-refractivity contribution in [2.24, 2.45) is 5.10 Å². The van der Waals surface area contributed by atoms with Crippen LogP contribution in [-0.4, -0.2) is 106 Å². The second kappa shape index (κ2) is 18.6. The predicted octanol–water partition coefficient (Wildman–Crippen LogP) is 1.88. The van der Waals surface area contributed by atoms with Gasteiger partial charge < -0.3 is 20.6 Å². The molecule has 0 aliphatic carbocycles. The number of nitrogens with zero attached hydrogens (tertiary/aromatic N) is 5. The number of carbonyl (C=O) groups is 4. The number of hydrogen-bond donors (Lipinski definition) is 7. The molecule has 1 saturated heterocycles. The van der Waals surface area contributed by atoms with E-state index in [9.17, 15) is 50.2 Å². The van der Waals surface area contributed by atoms with E-state index in [2.05, 4.69) is 39.6 Å². The molecule has 0 bridgehead atoms. The molecule has 4 amide bonds. The fraction of sp³-hybridized carbons (Fsp3) is 0.161. The Bertz CT molecular complexity index is 2550. The number of likely N-dealkylation sites (tertiary alicyclic amines) is 1. The molecule has 0 saturated carbocycles. The average Bonchev–Trinajstić information content (AvgIpc) is 3.88. The third-order valence-electron chi connectivity index (χ3n) is 8.08. The highest BCUT2D eigenvalue weighted by Gasteiger charge is 2.37. The maximum atomic E-state index is 13.9. The van der Waals surface area contributed by atoms with Crippen LogP contribution in [0.3, 0.4) is 0 Å². The number of aromatic hydroxyl groups is 1. The molecule has 0 unspecified atom stereocenters. The lowest BCUT2D eigenvalue weighted by Crippen LogP contribution is -2.29. The maximum absolute atomic E-state index is 13.9. The minimum Gasteiger partial charge on any atom is -0.493 e. The topological polar surface area (TPSA) is 335 Å². The molecule has 3 aromatic rings. The normalized spacial score (nSPS) is 15.8. The molecular weight excluding hydrogens is 871 g/mol. The van der Waals surface area contributed by atoms with Gasteiger partial charge in [-0.05, 0) is 67.1 Å². The van der Waals surface area contributed by atoms with Gasteiger partial charge in [0.25, 0.3) is 38.0 Å². The number of hydrogen-bond acceptors (Lipinski definition) is 19. The first kappa shape index (κ1) is 44.6. The van der Waals surface area contributed by atoms with Crippen molar-refractivity contribution >= 4 is 85.4 Å². The van der Waals surface area contributed by atoms with Crippen LogP contribution in [0.5, 0.6) is 5.88 Å². The summed E-state index contributed by atoms with van der Waals surface area (Å²) in [5.74, 6) is -4.13. The zero-order valence-corrected chi connectivity index (χ0v) is 33.2. The Hall–Kier alpha value is -5.50. The summed E-state index contributed by atoms with van der Waals surface area (Å²) in [5.41, 5.74) is -2.83. The second-order valence-electron chi connectivity index (χ2n) is 11.5. The van der Waals surface area contributed by atoms with Gasteiger partial charge in [0, 0.05) is 42.5 Å². The van der Waals surface area contributed by atoms with Crippen LogP contribution in [0.25, 0.3) is 11.8 Å². The molecule has 59 heavy (non-hydrogen) atoms. The summed E-state index contributed by atoms with van der Waals surface area (Å²) in [5, 5.41) is 48.8. The quantitative estimate of drug-likeness (QED) is 0.0269. The second-order valence-corrected chi connectivity index (χ2v) is 15.9. The lowest BCUT2D eigenvalue weighted by molar-refractivity contribution is -0.432. The van der Waals surface area contributed by atoms with Crippen LogP contribution in [-0.2, 0) is 53.4 Å². The number of hydrazone groups is 1. The van der Waals surface area contributed by atoms with Crippen LogP contribution >= 0.6 is 24.1 Å². The summed E-state index contributed by atoms with van der Waals surface area (Å²) in [6, 6.07) is 6.17. The summed E-state index contributed by atoms with van der Waals surface area (Å²) in [4.78, 5) is 52.7. The number of anilines is 1. The molecule has 28 heteroatoms. The highest BCUT2D eigenvalue weighted by atomic mass is 32.2. The van der Waals surface area contributed by atoms with E-state index in [0.29, 0.717) is 40.2 Å². The van der Waals surface area contributed by atoms with Crippen molar-refractivity contribution < 1.29 is 79.5 Å². The fourth-order valence-corrected chi connectivity index (χ4v) is 7.60. The Morgan fingerprint density at radius 1 is 0.881 bits per heavy atom. The Kier molecular flexibility index (Phi) is 14.1. The van der Waals surface area contributed by atoms with Gasteiger partial charge in [-0.2, -0.15) is 36.7 Å². The van der Waals surface area contributed by atoms with Crippen molar-refractivity contribution in [1.82, 2.24) is 25.3 Å². The van der Waals surface area contributed by atoms with Crippen LogP contribution in [0.1, 0.15) is 28.9 Å². The van der Waals surface area contributed by atoms with Crippen molar-refractivity contribution in [2.75, 3.05) is 25.6 Å². The van der Waals surface area contributed by atoms with E-state index in [1.54, 1.807) is 0 Å². The van der Waals surface area contributed by atoms with Gasteiger partial charge in [0.2, 0.25) is 11.8 Å². The van der Waals surface area contributed by atoms with E-state index < -0.39 is 87.9 Å². The van der Waals surface area contributed by atoms with Gasteiger partial charge in [-0.15, -0.1) is 8.67 Å². The van der Waals surface area contributed by atoms with Gasteiger partial charge >= 0.3 is 0 Å². The number of nitrogens with one attached hydrogen (secondary N) is 2. The zero-order chi connectivity index (χ0) is 43.2. The summed E-state index contributed by atoms with van der Waals surface area (Å²) >= 11 is 0.775. The van der Waals surface area contributed by atoms with E-state index in [0.717, 1.165) is 48.6 Å². The molecule has 5 rings (SSSR count). The van der Waals surface area contributed by atoms with Crippen LogP contribution in [0, 0.1) is 0 Å². The van der Waals surface area contributed by atoms with E-state index in [-0.39, 0.29) is 34.0 Å². The lowest BCUT2D eigenvalue weighted by Gasteiger charge is -2.17. The fourth-order valence-electron chi connectivity index (χ4n) is 5.51. The first-order valence-electron chi connectivity index (χ1n) is 16.1. The van der Waals surface area contributed by atoms with Gasteiger partial charge in [0.05, 0.1) is 46.6 Å². The molecule has 0 radical (unpaired) electrons. The molecule has 0 spiro atoms. The van der Waals surface area contributed by atoms with Gasteiger partial charge in [-0.1, -0.05) is 10.1 Å². The molecule has 314 valence electrons. The van der Waals surface area contributed by atoms with Gasteiger partial charge in [-0.25, -0.2) is 10.5 Å². The monoisotopic (exact) mass is 899 g/mol. The summed E-state index contributed by atoms with van der Waals surface area (Å²) < 4.78 is 78.4. The van der Waals surface area contributed by atoms with E-state index in [1.165, 1.54) is 31.1 Å². The Labute approximate surface area is 341 Å². The number of allylic oxidation sites excluding steroid dienone is 3. The first-order chi connectivity index (χ1) is 27.9. The van der Waals surface area contributed by atoms with Crippen molar-refractivity contribution in [3.8, 4) is 11.6 Å². The minimum absolute atomic E-state index is 0.00821. The van der Waals surface area contributed by atoms with Crippen LogP contribution in [0.4, 0.5) is 5.69 Å². The Balaban J connectivity index is 1.66. The zero-order valence-electron chi connectivity index (χ0n) is 29.9. The smallest absolute Gasteiger partial charge is 0.296 e. The number of benzene rings is 2. The third kappa shape index (κ3) is 9.86. The summed E-state index contributed by atoms with van der Waals surface area (Å²) in [6.45, 7) is 0.145. The average molecular weight is 900 g/mol. The third-order valence-corrected chi connectivity index (χ3v) is 11.0. The molecular formula is C31H29N7O17S4. The van der Waals surface area contributed by atoms with Crippen LogP contribution in [0.2, 0.25) is 0 Å². The number of aromatic nitrogens is 2. The van der Waals surface area contributed by atoms with Crippen molar-refractivity contribution in [3.63, 3.8) is 0 Å². The van der Waals surface area contributed by atoms with E-state index in [1.807, 2.05) is 0 Å². The minimum atomic E-state index is -5.01. The van der Waals surface area contributed by atoms with E-state index in [4.69, 9.17) is 10.5 Å². The van der Waals surface area contributed by atoms with Gasteiger partial charge in [0.1, 0.15) is 9.79 Å². The van der Waals surface area contributed by atoms with Gasteiger partial charge in [0.15, 0.2) is 11.4 Å². The number of rotatable bonds is 16. The molecule has 2 aliphatic heterocycles. The maximum Gasteiger partial charge on any atom is 0.296 e. The highest BCUT2D eigenvalue weighted by molar-refractivity contribution is 7.94. The first-order valence-corrected chi connectivity index (χ1v) is 20.4. The molecule has 2 aromatic carbocycles. The molecule has 2 aliphatic rings. The molecule has 24 nitrogen and oxygen atoms in total. The molecule has 0 atom stereocenters. The molecule has 7 N–H and O–H groups in total. The molecule has 1 fully saturated rings. The molecule has 1 aromatic heterocycles. The van der Waals surface area contributed by atoms with Gasteiger partial charge in [-0.3, -0.25) is 28.3 Å². The number of carbonyl (C=O) groups excluding carboxylic acids is 4. The van der Waals surface area contributed by atoms with Crippen molar-refractivity contribution in [1.29, 1.82) is 0 Å². The Morgan fingerprint density at radius 2 is 1.46 bits per heavy atom. The largest absolute Gasteiger partial charge is 0.493 e. The highest BCUT2D eigenvalue weighted by Crippen LogP contribution is 2.36. The lowest BCUT2D eigenvalue weighted by atomic mass is 10.1.